The number of thiophene rings is 1. The van der Waals surface area contributed by atoms with Crippen LogP contribution < -0.4 is 10.2 Å². The van der Waals surface area contributed by atoms with Crippen molar-refractivity contribution >= 4 is 50.3 Å². The Morgan fingerprint density at radius 2 is 2.21 bits per heavy atom. The molecule has 24 heavy (non-hydrogen) atoms. The summed E-state index contributed by atoms with van der Waals surface area (Å²) in [5.41, 5.74) is 5.07. The van der Waals surface area contributed by atoms with Gasteiger partial charge in [-0.2, -0.15) is 5.10 Å². The zero-order valence-corrected chi connectivity index (χ0v) is 15.9. The van der Waals surface area contributed by atoms with Crippen molar-refractivity contribution in [1.29, 1.82) is 0 Å². The number of nitrogens with one attached hydrogen (secondary N) is 1. The zero-order valence-electron chi connectivity index (χ0n) is 13.5. The van der Waals surface area contributed by atoms with Crippen LogP contribution in [0.25, 0.3) is 10.9 Å². The maximum absolute atomic E-state index is 12.6. The number of hydrazone groups is 1. The number of amides is 1. The third-order valence-electron chi connectivity index (χ3n) is 3.87. The minimum Gasteiger partial charge on any atom is -0.497 e. The highest BCUT2D eigenvalue weighted by Crippen LogP contribution is 2.28. The van der Waals surface area contributed by atoms with Gasteiger partial charge in [0.25, 0.3) is 5.91 Å². The normalized spacial score (nSPS) is 11.3. The first-order valence-electron chi connectivity index (χ1n) is 7.21. The van der Waals surface area contributed by atoms with Crippen molar-refractivity contribution in [3.63, 3.8) is 0 Å². The SMILES string of the molecule is COc1ccc2c(c1)c(C(=O)NN=Cc1cc(Br)cs1)c(C)n2C. The van der Waals surface area contributed by atoms with Crippen LogP contribution >= 0.6 is 27.3 Å². The van der Waals surface area contributed by atoms with Crippen LogP contribution in [-0.2, 0) is 7.05 Å². The van der Waals surface area contributed by atoms with Crippen molar-refractivity contribution in [2.45, 2.75) is 6.92 Å². The van der Waals surface area contributed by atoms with Crippen molar-refractivity contribution < 1.29 is 9.53 Å². The van der Waals surface area contributed by atoms with E-state index >= 15 is 0 Å². The highest BCUT2D eigenvalue weighted by molar-refractivity contribution is 9.10. The Morgan fingerprint density at radius 1 is 1.42 bits per heavy atom. The number of nitrogens with zero attached hydrogens (tertiary/aromatic N) is 2. The number of fused-ring (bicyclic) bond motifs is 1. The summed E-state index contributed by atoms with van der Waals surface area (Å²) in [6.07, 6.45) is 1.63. The van der Waals surface area contributed by atoms with Gasteiger partial charge in [0.05, 0.1) is 18.9 Å². The predicted molar refractivity (Wildman–Crippen MR) is 101 cm³/mol. The van der Waals surface area contributed by atoms with E-state index in [4.69, 9.17) is 4.74 Å². The number of aryl methyl sites for hydroxylation is 1. The fourth-order valence-corrected chi connectivity index (χ4v) is 3.87. The second-order valence-corrected chi connectivity index (χ2v) is 7.13. The van der Waals surface area contributed by atoms with Crippen molar-refractivity contribution in [3.05, 3.63) is 50.3 Å². The smallest absolute Gasteiger partial charge is 0.273 e. The molecular weight excluding hydrogens is 390 g/mol. The minimum atomic E-state index is -0.238. The number of aromatic nitrogens is 1. The van der Waals surface area contributed by atoms with Crippen LogP contribution in [-0.4, -0.2) is 23.8 Å². The molecule has 0 spiro atoms. The van der Waals surface area contributed by atoms with Crippen LogP contribution in [0.5, 0.6) is 5.75 Å². The molecule has 3 rings (SSSR count). The Bertz CT molecular complexity index is 943. The van der Waals surface area contributed by atoms with E-state index in [9.17, 15) is 4.79 Å². The van der Waals surface area contributed by atoms with E-state index in [1.807, 2.05) is 48.2 Å². The van der Waals surface area contributed by atoms with Crippen molar-refractivity contribution in [2.24, 2.45) is 12.1 Å². The summed E-state index contributed by atoms with van der Waals surface area (Å²) >= 11 is 4.93. The Balaban J connectivity index is 1.91. The van der Waals surface area contributed by atoms with Crippen LogP contribution in [0.1, 0.15) is 20.9 Å². The average molecular weight is 406 g/mol. The maximum atomic E-state index is 12.6. The third-order valence-corrected chi connectivity index (χ3v) is 5.50. The molecule has 0 aliphatic heterocycles. The predicted octanol–water partition coefficient (Wildman–Crippen LogP) is 4.08. The Labute approximate surface area is 152 Å². The van der Waals surface area contributed by atoms with Gasteiger partial charge in [-0.15, -0.1) is 11.3 Å². The molecule has 0 saturated carbocycles. The second kappa shape index (κ2) is 6.78. The number of hydrogen-bond donors (Lipinski definition) is 1. The van der Waals surface area contributed by atoms with E-state index in [-0.39, 0.29) is 5.91 Å². The van der Waals surface area contributed by atoms with Gasteiger partial charge in [-0.3, -0.25) is 4.79 Å². The highest BCUT2D eigenvalue weighted by atomic mass is 79.9. The van der Waals surface area contributed by atoms with Gasteiger partial charge in [-0.05, 0) is 47.1 Å². The summed E-state index contributed by atoms with van der Waals surface area (Å²) in [6, 6.07) is 7.65. The molecule has 1 amide bonds. The molecule has 1 aromatic carbocycles. The van der Waals surface area contributed by atoms with Crippen molar-refractivity contribution in [2.75, 3.05) is 7.11 Å². The van der Waals surface area contributed by atoms with Crippen LogP contribution in [0.15, 0.2) is 39.2 Å². The Kier molecular flexibility index (Phi) is 4.73. The summed E-state index contributed by atoms with van der Waals surface area (Å²) in [6.45, 7) is 1.92. The molecule has 3 aromatic rings. The van der Waals surface area contributed by atoms with E-state index in [1.165, 1.54) is 0 Å². The Hall–Kier alpha value is -2.12. The number of hydrogen-bond acceptors (Lipinski definition) is 4. The molecule has 0 unspecified atom stereocenters. The first kappa shape index (κ1) is 16.7. The molecule has 0 radical (unpaired) electrons. The summed E-state index contributed by atoms with van der Waals surface area (Å²) in [7, 11) is 3.55. The van der Waals surface area contributed by atoms with Crippen LogP contribution in [0.2, 0.25) is 0 Å². The standard InChI is InChI=1S/C17H16BrN3O2S/c1-10-16(14-7-12(23-3)4-5-15(14)21(10)2)17(22)20-19-8-13-6-11(18)9-24-13/h4-9H,1-3H3,(H,20,22). The summed E-state index contributed by atoms with van der Waals surface area (Å²) < 4.78 is 8.26. The number of carbonyl (C=O) groups is 1. The molecule has 0 bridgehead atoms. The molecule has 0 atom stereocenters. The molecule has 0 fully saturated rings. The van der Waals surface area contributed by atoms with Crippen LogP contribution in [0, 0.1) is 6.92 Å². The third kappa shape index (κ3) is 3.09. The average Bonchev–Trinajstić information content (AvgIpc) is 3.09. The largest absolute Gasteiger partial charge is 0.497 e. The Morgan fingerprint density at radius 3 is 2.88 bits per heavy atom. The first-order chi connectivity index (χ1) is 11.5. The van der Waals surface area contributed by atoms with Crippen LogP contribution in [0.3, 0.4) is 0 Å². The highest BCUT2D eigenvalue weighted by Gasteiger charge is 2.18. The molecule has 2 heterocycles. The maximum Gasteiger partial charge on any atom is 0.273 e. The topological polar surface area (TPSA) is 55.6 Å². The number of ether oxygens (including phenoxy) is 1. The van der Waals surface area contributed by atoms with E-state index in [0.717, 1.165) is 25.9 Å². The monoisotopic (exact) mass is 405 g/mol. The number of rotatable bonds is 4. The molecule has 5 nitrogen and oxygen atoms in total. The fourth-order valence-electron chi connectivity index (χ4n) is 2.57. The second-order valence-electron chi connectivity index (χ2n) is 5.27. The van der Waals surface area contributed by atoms with E-state index < -0.39 is 0 Å². The quantitative estimate of drug-likeness (QED) is 0.524. The fraction of sp³-hybridized carbons (Fsp3) is 0.176. The lowest BCUT2D eigenvalue weighted by Gasteiger charge is -2.02. The number of halogens is 1. The van der Waals surface area contributed by atoms with Gasteiger partial charge in [0.15, 0.2) is 0 Å². The number of methoxy groups -OCH3 is 1. The van der Waals surface area contributed by atoms with Gasteiger partial charge < -0.3 is 9.30 Å². The lowest BCUT2D eigenvalue weighted by Crippen LogP contribution is -2.18. The molecule has 0 aliphatic rings. The molecule has 7 heteroatoms. The van der Waals surface area contributed by atoms with E-state index in [0.29, 0.717) is 11.3 Å². The first-order valence-corrected chi connectivity index (χ1v) is 8.89. The van der Waals surface area contributed by atoms with Gasteiger partial charge >= 0.3 is 0 Å². The van der Waals surface area contributed by atoms with Crippen LogP contribution in [0.4, 0.5) is 0 Å². The minimum absolute atomic E-state index is 0.238. The summed E-state index contributed by atoms with van der Waals surface area (Å²) in [5, 5.41) is 6.87. The van der Waals surface area contributed by atoms with Crippen molar-refractivity contribution in [3.8, 4) is 5.75 Å². The van der Waals surface area contributed by atoms with Gasteiger partial charge in [0.2, 0.25) is 0 Å². The molecule has 0 saturated heterocycles. The molecular formula is C17H16BrN3O2S. The summed E-state index contributed by atoms with van der Waals surface area (Å²) in [4.78, 5) is 13.6. The van der Waals surface area contributed by atoms with Gasteiger partial charge in [-0.25, -0.2) is 5.43 Å². The molecule has 1 N–H and O–H groups in total. The molecule has 0 aliphatic carbocycles. The molecule has 2 aromatic heterocycles. The van der Waals surface area contributed by atoms with Gasteiger partial charge in [-0.1, -0.05) is 0 Å². The van der Waals surface area contributed by atoms with Gasteiger partial charge in [0, 0.05) is 38.4 Å². The zero-order chi connectivity index (χ0) is 17.3. The lowest BCUT2D eigenvalue weighted by atomic mass is 10.1. The van der Waals surface area contributed by atoms with E-state index in [1.54, 1.807) is 24.7 Å². The van der Waals surface area contributed by atoms with E-state index in [2.05, 4.69) is 26.5 Å². The lowest BCUT2D eigenvalue weighted by molar-refractivity contribution is 0.0956. The van der Waals surface area contributed by atoms with Crippen molar-refractivity contribution in [1.82, 2.24) is 9.99 Å². The molecule has 124 valence electrons. The summed E-state index contributed by atoms with van der Waals surface area (Å²) in [5.74, 6) is 0.479. The number of carbonyl (C=O) groups excluding carboxylic acids is 1. The number of benzene rings is 1. The van der Waals surface area contributed by atoms with Gasteiger partial charge in [0.1, 0.15) is 5.75 Å².